The first-order valence-corrected chi connectivity index (χ1v) is 12.5. The molecule has 0 unspecified atom stereocenters. The van der Waals surface area contributed by atoms with E-state index in [1.54, 1.807) is 45.0 Å². The highest BCUT2D eigenvalue weighted by molar-refractivity contribution is 5.85. The number of likely N-dealkylation sites (N-methyl/N-ethyl adjacent to an activating group) is 1. The predicted octanol–water partition coefficient (Wildman–Crippen LogP) is 4.87. The molecule has 2 aromatic carbocycles. The number of hydrogen-bond donors (Lipinski definition) is 1. The number of carbonyl (C=O) groups is 1. The summed E-state index contributed by atoms with van der Waals surface area (Å²) in [5.74, 6) is -1.33. The number of nitrogens with one attached hydrogen (secondary N) is 1. The fourth-order valence-electron chi connectivity index (χ4n) is 5.04. The standard InChI is InChI=1S/C28H31F3N2O5/c1-4-33-25(34)27(36-16-18-8-7-11-21(12-18)28(29,30)31)13-22(24-23(14-27)37-26(2,3)38-24)35-17-20-10-6-5-9-19(20)15-32/h5-12,22-24H,4,13-14,16-17H2,1-3H3,(H,33,34)/t22-,23-,24+,27-/m1/s1. The van der Waals surface area contributed by atoms with E-state index < -0.39 is 47.3 Å². The molecule has 0 aromatic heterocycles. The monoisotopic (exact) mass is 532 g/mol. The molecular formula is C28H31F3N2O5. The van der Waals surface area contributed by atoms with Gasteiger partial charge >= 0.3 is 6.18 Å². The Balaban J connectivity index is 1.62. The van der Waals surface area contributed by atoms with Gasteiger partial charge in [-0.25, -0.2) is 0 Å². The van der Waals surface area contributed by atoms with E-state index in [4.69, 9.17) is 18.9 Å². The van der Waals surface area contributed by atoms with Gasteiger partial charge in [-0.3, -0.25) is 4.79 Å². The van der Waals surface area contributed by atoms with Crippen molar-refractivity contribution < 1.29 is 36.9 Å². The lowest BCUT2D eigenvalue weighted by molar-refractivity contribution is -0.183. The molecule has 1 saturated carbocycles. The third-order valence-electron chi connectivity index (χ3n) is 6.76. The van der Waals surface area contributed by atoms with Crippen molar-refractivity contribution in [2.24, 2.45) is 0 Å². The third-order valence-corrected chi connectivity index (χ3v) is 6.76. The SMILES string of the molecule is CCNC(=O)[C@@]1(OCc2cccc(C(F)(F)F)c2)C[C@@H](OCc2ccccc2C#N)[C@@H]2OC(C)(C)O[C@@H]2C1. The summed E-state index contributed by atoms with van der Waals surface area (Å²) in [5, 5.41) is 12.2. The minimum Gasteiger partial charge on any atom is -0.371 e. The Hall–Kier alpha value is -2.97. The molecule has 204 valence electrons. The molecule has 1 amide bonds. The van der Waals surface area contributed by atoms with E-state index in [0.717, 1.165) is 12.1 Å². The molecule has 4 atom stereocenters. The number of fused-ring (bicyclic) bond motifs is 1. The second-order valence-electron chi connectivity index (χ2n) is 10.0. The molecule has 38 heavy (non-hydrogen) atoms. The number of nitriles is 1. The first-order valence-electron chi connectivity index (χ1n) is 12.5. The van der Waals surface area contributed by atoms with Crippen molar-refractivity contribution >= 4 is 5.91 Å². The van der Waals surface area contributed by atoms with Gasteiger partial charge in [0.25, 0.3) is 5.91 Å². The van der Waals surface area contributed by atoms with E-state index in [-0.39, 0.29) is 31.6 Å². The zero-order valence-electron chi connectivity index (χ0n) is 21.5. The number of rotatable bonds is 8. The fraction of sp³-hybridized carbons (Fsp3) is 0.500. The first kappa shape index (κ1) is 28.0. The lowest BCUT2D eigenvalue weighted by Crippen LogP contribution is -2.60. The van der Waals surface area contributed by atoms with Crippen molar-refractivity contribution in [1.29, 1.82) is 5.26 Å². The van der Waals surface area contributed by atoms with Crippen LogP contribution in [-0.4, -0.2) is 42.2 Å². The van der Waals surface area contributed by atoms with Crippen LogP contribution in [0, 0.1) is 11.3 Å². The fourth-order valence-corrected chi connectivity index (χ4v) is 5.04. The van der Waals surface area contributed by atoms with Crippen LogP contribution >= 0.6 is 0 Å². The minimum atomic E-state index is -4.50. The molecule has 7 nitrogen and oxygen atoms in total. The molecule has 10 heteroatoms. The number of amides is 1. The average Bonchev–Trinajstić information content (AvgIpc) is 3.19. The minimum absolute atomic E-state index is 0.0904. The normalized spacial score (nSPS) is 26.4. The number of benzene rings is 2. The predicted molar refractivity (Wildman–Crippen MR) is 130 cm³/mol. The maximum absolute atomic E-state index is 13.4. The second-order valence-corrected chi connectivity index (χ2v) is 10.0. The van der Waals surface area contributed by atoms with E-state index in [2.05, 4.69) is 11.4 Å². The molecule has 1 saturated heterocycles. The van der Waals surface area contributed by atoms with Gasteiger partial charge in [0.15, 0.2) is 11.4 Å². The molecular weight excluding hydrogens is 501 g/mol. The lowest BCUT2D eigenvalue weighted by Gasteiger charge is -2.43. The number of nitrogens with zero attached hydrogens (tertiary/aromatic N) is 1. The summed E-state index contributed by atoms with van der Waals surface area (Å²) in [6.45, 7) is 5.53. The van der Waals surface area contributed by atoms with E-state index in [1.807, 2.05) is 0 Å². The maximum atomic E-state index is 13.4. The molecule has 4 rings (SSSR count). The van der Waals surface area contributed by atoms with Crippen LogP contribution in [-0.2, 0) is 43.1 Å². The van der Waals surface area contributed by atoms with Gasteiger partial charge in [0.2, 0.25) is 0 Å². The van der Waals surface area contributed by atoms with Crippen molar-refractivity contribution in [1.82, 2.24) is 5.32 Å². The van der Waals surface area contributed by atoms with Crippen LogP contribution in [0.5, 0.6) is 0 Å². The Labute approximate surface area is 219 Å². The Morgan fingerprint density at radius 1 is 1.13 bits per heavy atom. The Morgan fingerprint density at radius 3 is 2.61 bits per heavy atom. The molecule has 2 aromatic rings. The van der Waals surface area contributed by atoms with Gasteiger partial charge in [0, 0.05) is 19.4 Å². The lowest BCUT2D eigenvalue weighted by atomic mass is 9.78. The summed E-state index contributed by atoms with van der Waals surface area (Å²) in [4.78, 5) is 13.4. The molecule has 1 aliphatic heterocycles. The number of ether oxygens (including phenoxy) is 4. The van der Waals surface area contributed by atoms with Crippen molar-refractivity contribution in [3.05, 3.63) is 70.8 Å². The summed E-state index contributed by atoms with van der Waals surface area (Å²) in [7, 11) is 0. The van der Waals surface area contributed by atoms with Crippen LogP contribution in [0.25, 0.3) is 0 Å². The van der Waals surface area contributed by atoms with E-state index in [9.17, 15) is 23.2 Å². The molecule has 0 bridgehead atoms. The zero-order chi connectivity index (χ0) is 27.6. The smallest absolute Gasteiger partial charge is 0.371 e. The summed E-state index contributed by atoms with van der Waals surface area (Å²) < 4.78 is 64.4. The molecule has 1 N–H and O–H groups in total. The quantitative estimate of drug-likeness (QED) is 0.522. The van der Waals surface area contributed by atoms with Crippen molar-refractivity contribution in [3.8, 4) is 6.07 Å². The summed E-state index contributed by atoms with van der Waals surface area (Å²) in [5.41, 5.74) is -0.784. The van der Waals surface area contributed by atoms with E-state index in [0.29, 0.717) is 17.7 Å². The molecule has 1 aliphatic carbocycles. The van der Waals surface area contributed by atoms with Gasteiger partial charge in [0.05, 0.1) is 42.6 Å². The van der Waals surface area contributed by atoms with Crippen molar-refractivity contribution in [2.45, 2.75) is 82.7 Å². The van der Waals surface area contributed by atoms with Crippen LogP contribution in [0.1, 0.15) is 55.9 Å². The van der Waals surface area contributed by atoms with Gasteiger partial charge in [-0.15, -0.1) is 0 Å². The van der Waals surface area contributed by atoms with Gasteiger partial charge in [-0.1, -0.05) is 30.3 Å². The van der Waals surface area contributed by atoms with Gasteiger partial charge in [-0.2, -0.15) is 18.4 Å². The van der Waals surface area contributed by atoms with E-state index >= 15 is 0 Å². The van der Waals surface area contributed by atoms with Crippen molar-refractivity contribution in [2.75, 3.05) is 6.54 Å². The Morgan fingerprint density at radius 2 is 1.89 bits per heavy atom. The molecule has 2 aliphatic rings. The highest BCUT2D eigenvalue weighted by Gasteiger charge is 2.58. The number of carbonyl (C=O) groups excluding carboxylic acids is 1. The number of hydrogen-bond acceptors (Lipinski definition) is 6. The summed E-state index contributed by atoms with van der Waals surface area (Å²) in [6.07, 6.45) is -5.97. The molecule has 2 fully saturated rings. The number of halogens is 3. The second kappa shape index (κ2) is 11.0. The molecule has 0 radical (unpaired) electrons. The highest BCUT2D eigenvalue weighted by Crippen LogP contribution is 2.44. The maximum Gasteiger partial charge on any atom is 0.416 e. The summed E-state index contributed by atoms with van der Waals surface area (Å²) in [6, 6.07) is 14.0. The first-order chi connectivity index (χ1) is 18.0. The van der Waals surface area contributed by atoms with Crippen LogP contribution in [0.2, 0.25) is 0 Å². The Kier molecular flexibility index (Phi) is 8.14. The van der Waals surface area contributed by atoms with Crippen LogP contribution in [0.15, 0.2) is 48.5 Å². The topological polar surface area (TPSA) is 89.8 Å². The van der Waals surface area contributed by atoms with Crippen LogP contribution in [0.4, 0.5) is 13.2 Å². The van der Waals surface area contributed by atoms with Gasteiger partial charge < -0.3 is 24.3 Å². The summed E-state index contributed by atoms with van der Waals surface area (Å²) >= 11 is 0. The van der Waals surface area contributed by atoms with E-state index in [1.165, 1.54) is 12.1 Å². The van der Waals surface area contributed by atoms with Gasteiger partial charge in [-0.05, 0) is 50.1 Å². The van der Waals surface area contributed by atoms with Gasteiger partial charge in [0.1, 0.15) is 6.10 Å². The van der Waals surface area contributed by atoms with Crippen LogP contribution in [0.3, 0.4) is 0 Å². The third kappa shape index (κ3) is 6.18. The van der Waals surface area contributed by atoms with Crippen molar-refractivity contribution in [3.63, 3.8) is 0 Å². The number of alkyl halides is 3. The zero-order valence-corrected chi connectivity index (χ0v) is 21.5. The largest absolute Gasteiger partial charge is 0.416 e. The Bertz CT molecular complexity index is 1200. The molecule has 0 spiro atoms. The highest BCUT2D eigenvalue weighted by atomic mass is 19.4. The average molecular weight is 533 g/mol. The van der Waals surface area contributed by atoms with Crippen LogP contribution < -0.4 is 5.32 Å². The molecule has 1 heterocycles.